The standard InChI is InChI=1S/C23H16Cl2FN3O/c24-17-7-5-15(6-8-17)23(30)29-21(11-14-9-18(25)12-19(26)10-14)28-22-20-4-2-1-3-16(20)13-27-22/h1-10,12-13,27H,11H2,(H,28,29,30). The van der Waals surface area contributed by atoms with E-state index in [4.69, 9.17) is 23.2 Å². The van der Waals surface area contributed by atoms with Gasteiger partial charge in [-0.2, -0.15) is 0 Å². The molecule has 1 amide bonds. The molecule has 3 aromatic carbocycles. The van der Waals surface area contributed by atoms with Crippen LogP contribution in [0.1, 0.15) is 15.9 Å². The van der Waals surface area contributed by atoms with Gasteiger partial charge >= 0.3 is 0 Å². The van der Waals surface area contributed by atoms with Crippen molar-refractivity contribution >= 4 is 51.5 Å². The summed E-state index contributed by atoms with van der Waals surface area (Å²) < 4.78 is 13.8. The lowest BCUT2D eigenvalue weighted by molar-refractivity contribution is 0.0976. The molecule has 30 heavy (non-hydrogen) atoms. The topological polar surface area (TPSA) is 57.2 Å². The molecule has 1 heterocycles. The molecule has 0 spiro atoms. The SMILES string of the molecule is O=C(NC(Cc1cc(F)cc(Cl)c1)=Nc1[nH]cc2ccccc12)c1ccc(Cl)cc1. The first-order chi connectivity index (χ1) is 14.5. The largest absolute Gasteiger partial charge is 0.345 e. The van der Waals surface area contributed by atoms with Crippen LogP contribution in [0.25, 0.3) is 10.8 Å². The molecule has 150 valence electrons. The van der Waals surface area contributed by atoms with Gasteiger partial charge in [0.25, 0.3) is 5.91 Å². The Morgan fingerprint density at radius 3 is 2.53 bits per heavy atom. The number of amides is 1. The Bertz CT molecular complexity index is 1230. The van der Waals surface area contributed by atoms with Crippen LogP contribution in [0.2, 0.25) is 10.0 Å². The molecule has 0 saturated heterocycles. The third-order valence-corrected chi connectivity index (χ3v) is 4.96. The Morgan fingerprint density at radius 1 is 1.00 bits per heavy atom. The Balaban J connectivity index is 1.70. The van der Waals surface area contributed by atoms with E-state index in [9.17, 15) is 9.18 Å². The molecule has 7 heteroatoms. The van der Waals surface area contributed by atoms with Gasteiger partial charge in [0.05, 0.1) is 0 Å². The normalized spacial score (nSPS) is 11.6. The molecule has 1 aromatic heterocycles. The zero-order valence-electron chi connectivity index (χ0n) is 15.6. The smallest absolute Gasteiger partial charge is 0.256 e. The van der Waals surface area contributed by atoms with Crippen LogP contribution in [0, 0.1) is 5.82 Å². The van der Waals surface area contributed by atoms with Crippen molar-refractivity contribution in [1.82, 2.24) is 10.3 Å². The molecule has 4 aromatic rings. The summed E-state index contributed by atoms with van der Waals surface area (Å²) >= 11 is 11.9. The molecular weight excluding hydrogens is 424 g/mol. The molecule has 4 rings (SSSR count). The van der Waals surface area contributed by atoms with Crippen LogP contribution >= 0.6 is 23.2 Å². The van der Waals surface area contributed by atoms with Crippen molar-refractivity contribution in [2.24, 2.45) is 4.99 Å². The van der Waals surface area contributed by atoms with E-state index in [1.54, 1.807) is 30.3 Å². The number of carbonyl (C=O) groups is 1. The number of H-pyrrole nitrogens is 1. The zero-order chi connectivity index (χ0) is 21.1. The fraction of sp³-hybridized carbons (Fsp3) is 0.0435. The van der Waals surface area contributed by atoms with Gasteiger partial charge < -0.3 is 10.3 Å². The van der Waals surface area contributed by atoms with E-state index in [0.717, 1.165) is 10.8 Å². The number of halogens is 3. The number of nitrogens with one attached hydrogen (secondary N) is 2. The van der Waals surface area contributed by atoms with Gasteiger partial charge in [-0.15, -0.1) is 0 Å². The fourth-order valence-electron chi connectivity index (χ4n) is 3.11. The Labute approximate surface area is 182 Å². The van der Waals surface area contributed by atoms with Gasteiger partial charge in [0, 0.05) is 39.0 Å². The van der Waals surface area contributed by atoms with Gasteiger partial charge in [-0.1, -0.05) is 47.5 Å². The number of rotatable bonds is 4. The number of hydrogen-bond donors (Lipinski definition) is 2. The number of nitrogens with zero attached hydrogens (tertiary/aromatic N) is 1. The molecule has 0 radical (unpaired) electrons. The molecule has 0 fully saturated rings. The number of aromatic nitrogens is 1. The number of amidine groups is 1. The van der Waals surface area contributed by atoms with Crippen molar-refractivity contribution in [2.45, 2.75) is 6.42 Å². The lowest BCUT2D eigenvalue weighted by Crippen LogP contribution is -2.32. The van der Waals surface area contributed by atoms with E-state index in [2.05, 4.69) is 15.3 Å². The number of carbonyl (C=O) groups excluding carboxylic acids is 1. The van der Waals surface area contributed by atoms with Gasteiger partial charge in [0.1, 0.15) is 17.5 Å². The van der Waals surface area contributed by atoms with Crippen LogP contribution in [0.3, 0.4) is 0 Å². The van der Waals surface area contributed by atoms with E-state index >= 15 is 0 Å². The molecule has 0 aliphatic carbocycles. The highest BCUT2D eigenvalue weighted by Gasteiger charge is 2.13. The average Bonchev–Trinajstić information content (AvgIpc) is 3.10. The van der Waals surface area contributed by atoms with Crippen LogP contribution in [0.5, 0.6) is 0 Å². The number of benzene rings is 3. The second-order valence-corrected chi connectivity index (χ2v) is 7.57. The Morgan fingerprint density at radius 2 is 1.77 bits per heavy atom. The maximum absolute atomic E-state index is 13.8. The Kier molecular flexibility index (Phi) is 5.84. The second-order valence-electron chi connectivity index (χ2n) is 6.70. The number of aromatic amines is 1. The van der Waals surface area contributed by atoms with E-state index in [1.165, 1.54) is 12.1 Å². The molecule has 0 aliphatic rings. The molecule has 0 unspecified atom stereocenters. The fourth-order valence-corrected chi connectivity index (χ4v) is 3.48. The maximum atomic E-state index is 13.8. The van der Waals surface area contributed by atoms with Crippen molar-refractivity contribution in [3.63, 3.8) is 0 Å². The minimum Gasteiger partial charge on any atom is -0.345 e. The summed E-state index contributed by atoms with van der Waals surface area (Å²) in [6, 6.07) is 18.5. The molecular formula is C23H16Cl2FN3O. The van der Waals surface area contributed by atoms with Crippen LogP contribution in [-0.2, 0) is 6.42 Å². The molecule has 0 aliphatic heterocycles. The quantitative estimate of drug-likeness (QED) is 0.283. The summed E-state index contributed by atoms with van der Waals surface area (Å²) in [4.78, 5) is 20.5. The van der Waals surface area contributed by atoms with E-state index < -0.39 is 5.82 Å². The average molecular weight is 440 g/mol. The molecule has 4 nitrogen and oxygen atoms in total. The van der Waals surface area contributed by atoms with Gasteiger partial charge in [0.15, 0.2) is 0 Å². The molecule has 0 atom stereocenters. The maximum Gasteiger partial charge on any atom is 0.256 e. The van der Waals surface area contributed by atoms with E-state index in [1.807, 2.05) is 30.5 Å². The predicted molar refractivity (Wildman–Crippen MR) is 119 cm³/mol. The number of fused-ring (bicyclic) bond motifs is 1. The van der Waals surface area contributed by atoms with Crippen molar-refractivity contribution in [3.8, 4) is 0 Å². The molecule has 0 bridgehead atoms. The summed E-state index contributed by atoms with van der Waals surface area (Å²) in [7, 11) is 0. The Hall–Kier alpha value is -3.15. The van der Waals surface area contributed by atoms with Gasteiger partial charge in [-0.25, -0.2) is 9.38 Å². The summed E-state index contributed by atoms with van der Waals surface area (Å²) in [6.45, 7) is 0. The first-order valence-electron chi connectivity index (χ1n) is 9.13. The number of hydrogen-bond acceptors (Lipinski definition) is 2. The van der Waals surface area contributed by atoms with Crippen molar-refractivity contribution in [3.05, 3.63) is 99.9 Å². The van der Waals surface area contributed by atoms with Gasteiger partial charge in [-0.3, -0.25) is 4.79 Å². The summed E-state index contributed by atoms with van der Waals surface area (Å²) in [5.41, 5.74) is 1.02. The van der Waals surface area contributed by atoms with E-state index in [-0.39, 0.29) is 17.4 Å². The lowest BCUT2D eigenvalue weighted by atomic mass is 10.1. The van der Waals surface area contributed by atoms with Gasteiger partial charge in [-0.05, 0) is 48.0 Å². The third kappa shape index (κ3) is 4.70. The van der Waals surface area contributed by atoms with E-state index in [0.29, 0.717) is 27.8 Å². The van der Waals surface area contributed by atoms with Crippen LogP contribution in [-0.4, -0.2) is 16.7 Å². The van der Waals surface area contributed by atoms with Crippen molar-refractivity contribution < 1.29 is 9.18 Å². The zero-order valence-corrected chi connectivity index (χ0v) is 17.1. The first-order valence-corrected chi connectivity index (χ1v) is 9.89. The molecule has 0 saturated carbocycles. The lowest BCUT2D eigenvalue weighted by Gasteiger charge is -2.10. The summed E-state index contributed by atoms with van der Waals surface area (Å²) in [6.07, 6.45) is 2.02. The highest BCUT2D eigenvalue weighted by atomic mass is 35.5. The number of aliphatic imine (C=N–C) groups is 1. The summed E-state index contributed by atoms with van der Waals surface area (Å²) in [5.74, 6) is 0.152. The van der Waals surface area contributed by atoms with Crippen LogP contribution < -0.4 is 5.32 Å². The third-order valence-electron chi connectivity index (χ3n) is 4.49. The van der Waals surface area contributed by atoms with Crippen molar-refractivity contribution in [1.29, 1.82) is 0 Å². The van der Waals surface area contributed by atoms with Crippen molar-refractivity contribution in [2.75, 3.05) is 0 Å². The predicted octanol–water partition coefficient (Wildman–Crippen LogP) is 6.32. The first kappa shape index (κ1) is 20.1. The highest BCUT2D eigenvalue weighted by Crippen LogP contribution is 2.25. The minimum absolute atomic E-state index is 0.185. The summed E-state index contributed by atoms with van der Waals surface area (Å²) in [5, 5.41) is 5.54. The monoisotopic (exact) mass is 439 g/mol. The van der Waals surface area contributed by atoms with Crippen LogP contribution in [0.15, 0.2) is 77.9 Å². The van der Waals surface area contributed by atoms with Crippen LogP contribution in [0.4, 0.5) is 10.2 Å². The minimum atomic E-state index is -0.453. The highest BCUT2D eigenvalue weighted by molar-refractivity contribution is 6.31. The molecule has 2 N–H and O–H groups in total. The van der Waals surface area contributed by atoms with Gasteiger partial charge in [0.2, 0.25) is 0 Å². The second kappa shape index (κ2) is 8.69.